The van der Waals surface area contributed by atoms with Crippen LogP contribution in [-0.4, -0.2) is 39.1 Å². The Labute approximate surface area is 147 Å². The van der Waals surface area contributed by atoms with E-state index in [0.29, 0.717) is 12.2 Å². The van der Waals surface area contributed by atoms with E-state index in [9.17, 15) is 14.7 Å². The fourth-order valence-electron chi connectivity index (χ4n) is 2.81. The molecule has 6 heteroatoms. The van der Waals surface area contributed by atoms with Crippen LogP contribution in [0.15, 0.2) is 24.3 Å². The van der Waals surface area contributed by atoms with Crippen molar-refractivity contribution in [2.75, 3.05) is 5.75 Å². The molecule has 0 aliphatic carbocycles. The zero-order valence-corrected chi connectivity index (χ0v) is 15.1. The van der Waals surface area contributed by atoms with Gasteiger partial charge >= 0.3 is 5.97 Å². The average molecular weight is 354 g/mol. The fraction of sp³-hybridized carbons (Fsp3) is 0.529. The van der Waals surface area contributed by atoms with E-state index in [1.165, 1.54) is 11.1 Å². The molecule has 1 fully saturated rings. The van der Waals surface area contributed by atoms with Crippen LogP contribution in [0.1, 0.15) is 30.9 Å². The molecule has 1 aromatic rings. The molecule has 3 atom stereocenters. The summed E-state index contributed by atoms with van der Waals surface area (Å²) in [5, 5.41) is 9.33. The van der Waals surface area contributed by atoms with Gasteiger partial charge in [-0.1, -0.05) is 36.8 Å². The number of carbonyl (C=O) groups is 2. The van der Waals surface area contributed by atoms with Crippen LogP contribution < -0.4 is 0 Å². The van der Waals surface area contributed by atoms with Crippen molar-refractivity contribution in [1.82, 2.24) is 4.90 Å². The van der Waals surface area contributed by atoms with E-state index < -0.39 is 12.0 Å². The maximum Gasteiger partial charge on any atom is 0.326 e. The van der Waals surface area contributed by atoms with Gasteiger partial charge in [-0.25, -0.2) is 4.79 Å². The van der Waals surface area contributed by atoms with Gasteiger partial charge in [0.15, 0.2) is 0 Å². The Morgan fingerprint density at radius 2 is 2.17 bits per heavy atom. The van der Waals surface area contributed by atoms with Crippen molar-refractivity contribution >= 4 is 36.3 Å². The Bertz CT molecular complexity index is 579. The highest BCUT2D eigenvalue weighted by atomic mass is 32.2. The zero-order chi connectivity index (χ0) is 17.0. The number of hydrogen-bond donors (Lipinski definition) is 2. The third kappa shape index (κ3) is 4.44. The van der Waals surface area contributed by atoms with Crippen LogP contribution in [0.2, 0.25) is 0 Å². The lowest BCUT2D eigenvalue weighted by Crippen LogP contribution is -2.46. The van der Waals surface area contributed by atoms with Gasteiger partial charge in [0.25, 0.3) is 0 Å². The summed E-state index contributed by atoms with van der Waals surface area (Å²) in [6.07, 6.45) is 1.24. The van der Waals surface area contributed by atoms with Crippen molar-refractivity contribution in [2.45, 2.75) is 43.9 Å². The van der Waals surface area contributed by atoms with Crippen molar-refractivity contribution in [3.8, 4) is 0 Å². The van der Waals surface area contributed by atoms with Gasteiger partial charge in [0.2, 0.25) is 5.91 Å². The van der Waals surface area contributed by atoms with Crippen molar-refractivity contribution < 1.29 is 14.7 Å². The summed E-state index contributed by atoms with van der Waals surface area (Å²) in [6, 6.07) is 7.55. The van der Waals surface area contributed by atoms with E-state index in [0.717, 1.165) is 12.2 Å². The Morgan fingerprint density at radius 1 is 1.43 bits per heavy atom. The first-order chi connectivity index (χ1) is 10.9. The van der Waals surface area contributed by atoms with Crippen LogP contribution >= 0.6 is 24.4 Å². The second-order valence-corrected chi connectivity index (χ2v) is 7.55. The van der Waals surface area contributed by atoms with E-state index in [2.05, 4.69) is 24.8 Å². The van der Waals surface area contributed by atoms with Crippen molar-refractivity contribution in [3.63, 3.8) is 0 Å². The van der Waals surface area contributed by atoms with Crippen molar-refractivity contribution in [2.24, 2.45) is 5.92 Å². The minimum atomic E-state index is -0.914. The first-order valence-corrected chi connectivity index (χ1v) is 9.45. The molecule has 1 saturated heterocycles. The number of hydrogen-bond acceptors (Lipinski definition) is 4. The van der Waals surface area contributed by atoms with Crippen LogP contribution in [0.3, 0.4) is 0 Å². The second kappa shape index (κ2) is 8.11. The molecule has 23 heavy (non-hydrogen) atoms. The molecule has 0 unspecified atom stereocenters. The Hall–Kier alpha value is -1.14. The number of carbonyl (C=O) groups excluding carboxylic acids is 1. The zero-order valence-electron chi connectivity index (χ0n) is 13.4. The largest absolute Gasteiger partial charge is 0.480 e. The standard InChI is InChI=1S/C17H23NO3S2/c1-11-4-3-5-13(8-11)10-23-15-7-6-14(17(20)21)18(15)16(19)12(2)9-22/h3-5,8,12,14-15,22H,6-7,9-10H2,1-2H3,(H,20,21)/t12-,14+,15+/m1/s1. The molecule has 1 aliphatic rings. The third-order valence-corrected chi connectivity index (χ3v) is 5.99. The van der Waals surface area contributed by atoms with Gasteiger partial charge < -0.3 is 10.0 Å². The number of thiol groups is 1. The topological polar surface area (TPSA) is 57.6 Å². The highest BCUT2D eigenvalue weighted by molar-refractivity contribution is 7.99. The molecule has 1 N–H and O–H groups in total. The molecule has 0 aromatic heterocycles. The quantitative estimate of drug-likeness (QED) is 0.771. The number of benzene rings is 1. The lowest BCUT2D eigenvalue weighted by Gasteiger charge is -2.30. The Balaban J connectivity index is 2.09. The molecule has 0 spiro atoms. The Kier molecular flexibility index (Phi) is 6.41. The molecular weight excluding hydrogens is 330 g/mol. The smallest absolute Gasteiger partial charge is 0.326 e. The van der Waals surface area contributed by atoms with Crippen molar-refractivity contribution in [1.29, 1.82) is 0 Å². The number of aryl methyl sites for hydroxylation is 1. The van der Waals surface area contributed by atoms with Gasteiger partial charge in [0, 0.05) is 17.4 Å². The maximum atomic E-state index is 12.6. The monoisotopic (exact) mass is 353 g/mol. The van der Waals surface area contributed by atoms with Crippen molar-refractivity contribution in [3.05, 3.63) is 35.4 Å². The predicted octanol–water partition coefficient (Wildman–Crippen LogP) is 3.20. The number of likely N-dealkylation sites (tertiary alicyclic amines) is 1. The Morgan fingerprint density at radius 3 is 2.78 bits per heavy atom. The number of amides is 1. The van der Waals surface area contributed by atoms with E-state index in [-0.39, 0.29) is 17.2 Å². The van der Waals surface area contributed by atoms with E-state index in [1.807, 2.05) is 19.1 Å². The maximum absolute atomic E-state index is 12.6. The molecule has 2 rings (SSSR count). The highest BCUT2D eigenvalue weighted by Gasteiger charge is 2.42. The van der Waals surface area contributed by atoms with E-state index >= 15 is 0 Å². The number of aliphatic carboxylic acids is 1. The molecule has 4 nitrogen and oxygen atoms in total. The SMILES string of the molecule is Cc1cccc(CS[C@H]2CC[C@@H](C(=O)O)N2C(=O)[C@H](C)CS)c1. The summed E-state index contributed by atoms with van der Waals surface area (Å²) < 4.78 is 0. The number of thioether (sulfide) groups is 1. The lowest BCUT2D eigenvalue weighted by atomic mass is 10.1. The minimum absolute atomic E-state index is 0.0774. The normalized spacial score (nSPS) is 22.1. The molecule has 0 bridgehead atoms. The second-order valence-electron chi connectivity index (χ2n) is 6.02. The predicted molar refractivity (Wildman–Crippen MR) is 96.8 cm³/mol. The molecule has 1 amide bonds. The van der Waals surface area contributed by atoms with Gasteiger partial charge in [0.05, 0.1) is 5.37 Å². The van der Waals surface area contributed by atoms with Gasteiger partial charge in [-0.05, 0) is 25.3 Å². The van der Waals surface area contributed by atoms with Crippen LogP contribution in [0.5, 0.6) is 0 Å². The van der Waals surface area contributed by atoms with Crippen LogP contribution in [0.4, 0.5) is 0 Å². The first kappa shape index (κ1) is 18.2. The van der Waals surface area contributed by atoms with Gasteiger partial charge in [-0.2, -0.15) is 12.6 Å². The lowest BCUT2D eigenvalue weighted by molar-refractivity contribution is -0.149. The van der Waals surface area contributed by atoms with Gasteiger partial charge in [-0.3, -0.25) is 4.79 Å². The van der Waals surface area contributed by atoms with Crippen LogP contribution in [0.25, 0.3) is 0 Å². The van der Waals surface area contributed by atoms with Gasteiger partial charge in [0.1, 0.15) is 6.04 Å². The van der Waals surface area contributed by atoms with Crippen LogP contribution in [0, 0.1) is 12.8 Å². The molecule has 1 aromatic carbocycles. The minimum Gasteiger partial charge on any atom is -0.480 e. The number of rotatable bonds is 6. The summed E-state index contributed by atoms with van der Waals surface area (Å²) in [5.74, 6) is -0.0790. The number of carboxylic acids is 1. The van der Waals surface area contributed by atoms with Crippen LogP contribution in [-0.2, 0) is 15.3 Å². The highest BCUT2D eigenvalue weighted by Crippen LogP contribution is 2.35. The summed E-state index contributed by atoms with van der Waals surface area (Å²) in [5.41, 5.74) is 2.40. The third-order valence-electron chi connectivity index (χ3n) is 4.09. The fourth-order valence-corrected chi connectivity index (χ4v) is 4.24. The summed E-state index contributed by atoms with van der Waals surface area (Å²) in [6.45, 7) is 3.85. The summed E-state index contributed by atoms with van der Waals surface area (Å²) >= 11 is 5.83. The molecule has 126 valence electrons. The molecule has 1 heterocycles. The summed E-state index contributed by atoms with van der Waals surface area (Å²) in [4.78, 5) is 25.6. The first-order valence-electron chi connectivity index (χ1n) is 7.77. The molecular formula is C17H23NO3S2. The molecule has 1 aliphatic heterocycles. The summed E-state index contributed by atoms with van der Waals surface area (Å²) in [7, 11) is 0. The van der Waals surface area contributed by atoms with E-state index in [4.69, 9.17) is 0 Å². The van der Waals surface area contributed by atoms with E-state index in [1.54, 1.807) is 23.6 Å². The molecule has 0 radical (unpaired) electrons. The average Bonchev–Trinajstić information content (AvgIpc) is 2.95. The number of nitrogens with zero attached hydrogens (tertiary/aromatic N) is 1. The molecule has 0 saturated carbocycles. The van der Waals surface area contributed by atoms with Gasteiger partial charge in [-0.15, -0.1) is 11.8 Å². The number of carboxylic acid groups (broad SMARTS) is 1.